The predicted octanol–water partition coefficient (Wildman–Crippen LogP) is 2.86. The normalized spacial score (nSPS) is 9.73. The van der Waals surface area contributed by atoms with Crippen LogP contribution < -0.4 is 4.74 Å². The van der Waals surface area contributed by atoms with Crippen LogP contribution in [-0.2, 0) is 0 Å². The second kappa shape index (κ2) is 4.79. The van der Waals surface area contributed by atoms with Gasteiger partial charge < -0.3 is 4.74 Å². The number of allylic oxidation sites excluding steroid dienone is 1. The van der Waals surface area contributed by atoms with Gasteiger partial charge in [-0.15, -0.1) is 11.6 Å². The molecule has 0 spiro atoms. The highest BCUT2D eigenvalue weighted by molar-refractivity contribution is 6.23. The summed E-state index contributed by atoms with van der Waals surface area (Å²) in [6, 6.07) is 4.47. The first-order valence-electron chi connectivity index (χ1n) is 4.16. The Balaban J connectivity index is 3.28. The van der Waals surface area contributed by atoms with Crippen LogP contribution in [0.25, 0.3) is 5.57 Å². The number of nitro groups is 1. The van der Waals surface area contributed by atoms with Gasteiger partial charge in [-0.3, -0.25) is 10.1 Å². The van der Waals surface area contributed by atoms with Crippen molar-refractivity contribution < 1.29 is 9.66 Å². The molecule has 0 aliphatic rings. The van der Waals surface area contributed by atoms with Crippen molar-refractivity contribution in [2.75, 3.05) is 13.0 Å². The second-order valence-electron chi connectivity index (χ2n) is 2.88. The van der Waals surface area contributed by atoms with Crippen molar-refractivity contribution in [2.24, 2.45) is 0 Å². The quantitative estimate of drug-likeness (QED) is 0.452. The van der Waals surface area contributed by atoms with E-state index in [2.05, 4.69) is 6.58 Å². The first-order valence-corrected chi connectivity index (χ1v) is 4.70. The molecule has 80 valence electrons. The fourth-order valence-corrected chi connectivity index (χ4v) is 1.30. The molecular weight excluding hydrogens is 218 g/mol. The molecule has 0 saturated carbocycles. The van der Waals surface area contributed by atoms with Crippen molar-refractivity contribution in [1.29, 1.82) is 0 Å². The molecule has 15 heavy (non-hydrogen) atoms. The maximum atomic E-state index is 10.7. The Labute approximate surface area is 92.3 Å². The standard InChI is InChI=1S/C10H10ClNO3/c1-7(6-11)9-5-8(15-2)3-4-10(9)12(13)14/h3-5H,1,6H2,2H3. The van der Waals surface area contributed by atoms with Gasteiger partial charge in [0.15, 0.2) is 0 Å². The minimum atomic E-state index is -0.466. The number of nitro benzene ring substituents is 1. The number of hydrogen-bond donors (Lipinski definition) is 0. The molecule has 0 bridgehead atoms. The third kappa shape index (κ3) is 2.47. The highest BCUT2D eigenvalue weighted by Gasteiger charge is 2.16. The largest absolute Gasteiger partial charge is 0.497 e. The number of nitrogens with zero attached hydrogens (tertiary/aromatic N) is 1. The molecule has 0 radical (unpaired) electrons. The van der Waals surface area contributed by atoms with E-state index in [0.29, 0.717) is 16.9 Å². The Bertz CT molecular complexity index is 404. The number of halogens is 1. The van der Waals surface area contributed by atoms with Gasteiger partial charge in [-0.05, 0) is 17.7 Å². The molecule has 0 atom stereocenters. The smallest absolute Gasteiger partial charge is 0.277 e. The van der Waals surface area contributed by atoms with E-state index in [4.69, 9.17) is 16.3 Å². The average Bonchev–Trinajstić information content (AvgIpc) is 2.26. The van der Waals surface area contributed by atoms with Crippen LogP contribution >= 0.6 is 11.6 Å². The summed E-state index contributed by atoms with van der Waals surface area (Å²) in [6.45, 7) is 3.67. The molecule has 0 fully saturated rings. The SMILES string of the molecule is C=C(CCl)c1cc(OC)ccc1[N+](=O)[O-]. The van der Waals surface area contributed by atoms with Crippen molar-refractivity contribution in [3.63, 3.8) is 0 Å². The highest BCUT2D eigenvalue weighted by Crippen LogP contribution is 2.29. The number of benzene rings is 1. The Hall–Kier alpha value is -1.55. The van der Waals surface area contributed by atoms with Crippen molar-refractivity contribution in [3.8, 4) is 5.75 Å². The summed E-state index contributed by atoms with van der Waals surface area (Å²) < 4.78 is 4.98. The maximum absolute atomic E-state index is 10.7. The van der Waals surface area contributed by atoms with E-state index in [1.807, 2.05) is 0 Å². The number of alkyl halides is 1. The number of hydrogen-bond acceptors (Lipinski definition) is 3. The van der Waals surface area contributed by atoms with Crippen LogP contribution in [0, 0.1) is 10.1 Å². The molecule has 0 unspecified atom stereocenters. The van der Waals surface area contributed by atoms with E-state index in [1.165, 1.54) is 19.2 Å². The van der Waals surface area contributed by atoms with E-state index in [-0.39, 0.29) is 11.6 Å². The molecule has 0 aliphatic carbocycles. The van der Waals surface area contributed by atoms with Crippen molar-refractivity contribution in [2.45, 2.75) is 0 Å². The van der Waals surface area contributed by atoms with Crippen LogP contribution in [-0.4, -0.2) is 17.9 Å². The molecule has 1 rings (SSSR count). The van der Waals surface area contributed by atoms with Crippen molar-refractivity contribution in [1.82, 2.24) is 0 Å². The molecular formula is C10H10ClNO3. The highest BCUT2D eigenvalue weighted by atomic mass is 35.5. The van der Waals surface area contributed by atoms with Crippen LogP contribution in [0.4, 0.5) is 5.69 Å². The van der Waals surface area contributed by atoms with Gasteiger partial charge in [0.2, 0.25) is 0 Å². The summed E-state index contributed by atoms with van der Waals surface area (Å²) in [4.78, 5) is 10.3. The average molecular weight is 228 g/mol. The van der Waals surface area contributed by atoms with E-state index in [9.17, 15) is 10.1 Å². The van der Waals surface area contributed by atoms with Crippen LogP contribution in [0.15, 0.2) is 24.8 Å². The summed E-state index contributed by atoms with van der Waals surface area (Å²) in [5.74, 6) is 0.690. The van der Waals surface area contributed by atoms with Crippen LogP contribution in [0.1, 0.15) is 5.56 Å². The lowest BCUT2D eigenvalue weighted by Crippen LogP contribution is -1.96. The number of rotatable bonds is 4. The molecule has 0 amide bonds. The second-order valence-corrected chi connectivity index (χ2v) is 3.14. The van der Waals surface area contributed by atoms with Gasteiger partial charge in [0.05, 0.1) is 17.6 Å². The van der Waals surface area contributed by atoms with Gasteiger partial charge in [0, 0.05) is 11.9 Å². The molecule has 1 aromatic carbocycles. The summed E-state index contributed by atoms with van der Waals surface area (Å²) in [5, 5.41) is 10.7. The van der Waals surface area contributed by atoms with Crippen molar-refractivity contribution >= 4 is 22.9 Å². The van der Waals surface area contributed by atoms with Gasteiger partial charge in [-0.1, -0.05) is 6.58 Å². The monoisotopic (exact) mass is 227 g/mol. The zero-order chi connectivity index (χ0) is 11.4. The Kier molecular flexibility index (Phi) is 3.68. The lowest BCUT2D eigenvalue weighted by Gasteiger charge is -2.06. The van der Waals surface area contributed by atoms with E-state index in [1.54, 1.807) is 6.07 Å². The Morgan fingerprint density at radius 3 is 2.80 bits per heavy atom. The first kappa shape index (κ1) is 11.5. The lowest BCUT2D eigenvalue weighted by atomic mass is 10.1. The summed E-state index contributed by atoms with van der Waals surface area (Å²) >= 11 is 5.60. The molecule has 0 aliphatic heterocycles. The summed E-state index contributed by atoms with van der Waals surface area (Å²) in [7, 11) is 1.49. The topological polar surface area (TPSA) is 52.4 Å². The summed E-state index contributed by atoms with van der Waals surface area (Å²) in [6.07, 6.45) is 0. The maximum Gasteiger partial charge on any atom is 0.277 e. The Morgan fingerprint density at radius 2 is 2.33 bits per heavy atom. The van der Waals surface area contributed by atoms with Gasteiger partial charge in [-0.25, -0.2) is 0 Å². The lowest BCUT2D eigenvalue weighted by molar-refractivity contribution is -0.385. The van der Waals surface area contributed by atoms with Crippen LogP contribution in [0.5, 0.6) is 5.75 Å². The zero-order valence-corrected chi connectivity index (χ0v) is 8.95. The van der Waals surface area contributed by atoms with E-state index in [0.717, 1.165) is 0 Å². The third-order valence-corrected chi connectivity index (χ3v) is 2.27. The van der Waals surface area contributed by atoms with Crippen molar-refractivity contribution in [3.05, 3.63) is 40.5 Å². The molecule has 0 saturated heterocycles. The minimum Gasteiger partial charge on any atom is -0.497 e. The molecule has 0 heterocycles. The van der Waals surface area contributed by atoms with Gasteiger partial charge in [0.1, 0.15) is 5.75 Å². The zero-order valence-electron chi connectivity index (χ0n) is 8.20. The van der Waals surface area contributed by atoms with Gasteiger partial charge in [0.25, 0.3) is 5.69 Å². The first-order chi connectivity index (χ1) is 7.10. The third-order valence-electron chi connectivity index (χ3n) is 1.94. The molecule has 1 aromatic rings. The number of ether oxygens (including phenoxy) is 1. The summed E-state index contributed by atoms with van der Waals surface area (Å²) in [5.41, 5.74) is 0.901. The van der Waals surface area contributed by atoms with Crippen LogP contribution in [0.2, 0.25) is 0 Å². The van der Waals surface area contributed by atoms with Gasteiger partial charge >= 0.3 is 0 Å². The van der Waals surface area contributed by atoms with E-state index < -0.39 is 4.92 Å². The predicted molar refractivity (Wildman–Crippen MR) is 59.4 cm³/mol. The molecule has 0 N–H and O–H groups in total. The fourth-order valence-electron chi connectivity index (χ4n) is 1.16. The molecule has 5 heteroatoms. The number of methoxy groups -OCH3 is 1. The molecule has 0 aromatic heterocycles. The van der Waals surface area contributed by atoms with Crippen LogP contribution in [0.3, 0.4) is 0 Å². The van der Waals surface area contributed by atoms with Gasteiger partial charge in [-0.2, -0.15) is 0 Å². The minimum absolute atomic E-state index is 0.0125. The molecule has 4 nitrogen and oxygen atoms in total. The fraction of sp³-hybridized carbons (Fsp3) is 0.200. The van der Waals surface area contributed by atoms with E-state index >= 15 is 0 Å². The Morgan fingerprint density at radius 1 is 1.67 bits per heavy atom.